The van der Waals surface area contributed by atoms with Crippen LogP contribution in [0.4, 0.5) is 0 Å². The smallest absolute Gasteiger partial charge is 0.102 e. The van der Waals surface area contributed by atoms with E-state index in [2.05, 4.69) is 66.4 Å². The minimum Gasteiger partial charge on any atom is -0.297 e. The van der Waals surface area contributed by atoms with Gasteiger partial charge in [0, 0.05) is 0 Å². The summed E-state index contributed by atoms with van der Waals surface area (Å²) in [6, 6.07) is 0. The Morgan fingerprint density at radius 1 is 0.833 bits per heavy atom. The maximum atomic E-state index is 5.68. The molecule has 0 aromatic rings. The molecule has 0 radical (unpaired) electrons. The van der Waals surface area contributed by atoms with Crippen LogP contribution in [0.15, 0.2) is 0 Å². The van der Waals surface area contributed by atoms with Gasteiger partial charge in [0.2, 0.25) is 0 Å². The van der Waals surface area contributed by atoms with Crippen molar-refractivity contribution in [2.24, 2.45) is 11.3 Å². The first-order valence-electron chi connectivity index (χ1n) is 6.81. The van der Waals surface area contributed by atoms with Crippen LogP contribution in [0.2, 0.25) is 0 Å². The second-order valence-corrected chi connectivity index (χ2v) is 6.94. The Kier molecular flexibility index (Phi) is 6.79. The van der Waals surface area contributed by atoms with E-state index in [1.54, 1.807) is 0 Å². The number of hydrogen-bond donors (Lipinski definition) is 2. The minimum atomic E-state index is -0.203. The van der Waals surface area contributed by atoms with E-state index >= 15 is 0 Å². The Labute approximate surface area is 113 Å². The zero-order chi connectivity index (χ0) is 14.6. The van der Waals surface area contributed by atoms with Crippen molar-refractivity contribution in [3.05, 3.63) is 0 Å². The molecule has 0 aliphatic heterocycles. The Hall–Kier alpha value is -0.160. The zero-order valence-corrected chi connectivity index (χ0v) is 13.5. The summed E-state index contributed by atoms with van der Waals surface area (Å²) in [5.74, 6) is 0.437. The van der Waals surface area contributed by atoms with Gasteiger partial charge in [-0.25, -0.2) is 0 Å². The molecule has 0 saturated carbocycles. The number of rotatable bonds is 7. The van der Waals surface area contributed by atoms with Crippen molar-refractivity contribution in [2.75, 3.05) is 0 Å². The van der Waals surface area contributed by atoms with Gasteiger partial charge in [0.05, 0.1) is 11.7 Å². The average molecular weight is 260 g/mol. The maximum Gasteiger partial charge on any atom is 0.102 e. The molecule has 0 bridgehead atoms. The highest BCUT2D eigenvalue weighted by molar-refractivity contribution is 4.72. The molecule has 4 nitrogen and oxygen atoms in total. The van der Waals surface area contributed by atoms with E-state index in [1.165, 1.54) is 0 Å². The molecular formula is C14H32N2O2. The third-order valence-electron chi connectivity index (χ3n) is 3.53. The van der Waals surface area contributed by atoms with Crippen molar-refractivity contribution >= 4 is 0 Å². The van der Waals surface area contributed by atoms with E-state index in [9.17, 15) is 0 Å². The molecule has 0 spiro atoms. The van der Waals surface area contributed by atoms with Crippen LogP contribution in [0.3, 0.4) is 0 Å². The van der Waals surface area contributed by atoms with Crippen LogP contribution < -0.4 is 11.0 Å². The summed E-state index contributed by atoms with van der Waals surface area (Å²) in [5, 5.41) is 0. The molecule has 0 amide bonds. The molecule has 0 aliphatic carbocycles. The summed E-state index contributed by atoms with van der Waals surface area (Å²) in [4.78, 5) is 11.3. The zero-order valence-electron chi connectivity index (χ0n) is 13.5. The lowest BCUT2D eigenvalue weighted by Crippen LogP contribution is -2.47. The summed E-state index contributed by atoms with van der Waals surface area (Å²) < 4.78 is 0. The van der Waals surface area contributed by atoms with Gasteiger partial charge < -0.3 is 0 Å². The lowest BCUT2D eigenvalue weighted by atomic mass is 9.90. The Morgan fingerprint density at radius 3 is 1.72 bits per heavy atom. The molecule has 0 aromatic carbocycles. The first kappa shape index (κ1) is 17.8. The van der Waals surface area contributed by atoms with Crippen molar-refractivity contribution in [3.8, 4) is 0 Å². The van der Waals surface area contributed by atoms with E-state index in [-0.39, 0.29) is 23.3 Å². The quantitative estimate of drug-likeness (QED) is 0.545. The molecule has 2 N–H and O–H groups in total. The molecule has 0 rings (SSSR count). The number of hydrogen-bond acceptors (Lipinski definition) is 4. The molecule has 2 atom stereocenters. The third kappa shape index (κ3) is 6.69. The molecule has 2 unspecified atom stereocenters. The van der Waals surface area contributed by atoms with Gasteiger partial charge in [0.25, 0.3) is 0 Å². The van der Waals surface area contributed by atoms with Crippen LogP contribution in [-0.4, -0.2) is 17.9 Å². The van der Waals surface area contributed by atoms with Gasteiger partial charge in [-0.3, -0.25) is 9.68 Å². The van der Waals surface area contributed by atoms with Crippen LogP contribution in [0.5, 0.6) is 0 Å². The Bertz CT molecular complexity index is 234. The van der Waals surface area contributed by atoms with Crippen molar-refractivity contribution in [3.63, 3.8) is 0 Å². The van der Waals surface area contributed by atoms with Crippen molar-refractivity contribution < 1.29 is 9.68 Å². The number of hydroxylamine groups is 2. The first-order chi connectivity index (χ1) is 7.97. The van der Waals surface area contributed by atoms with Gasteiger partial charge in [-0.2, -0.15) is 11.0 Å². The third-order valence-corrected chi connectivity index (χ3v) is 3.53. The topological polar surface area (TPSA) is 42.5 Å². The molecule has 0 aliphatic rings. The molecule has 0 heterocycles. The summed E-state index contributed by atoms with van der Waals surface area (Å²) in [5.41, 5.74) is 5.85. The van der Waals surface area contributed by atoms with E-state index in [0.29, 0.717) is 5.92 Å². The standard InChI is InChI=1S/C14H32N2O2/c1-10(2)14(8,9)18-16-12(4)15-17-11(3)13(5,6)7/h10-12,15-16H,1-9H3. The van der Waals surface area contributed by atoms with Gasteiger partial charge in [-0.05, 0) is 39.0 Å². The van der Waals surface area contributed by atoms with E-state index in [0.717, 1.165) is 0 Å². The largest absolute Gasteiger partial charge is 0.297 e. The van der Waals surface area contributed by atoms with Gasteiger partial charge >= 0.3 is 0 Å². The molecule has 4 heteroatoms. The fourth-order valence-electron chi connectivity index (χ4n) is 0.763. The lowest BCUT2D eigenvalue weighted by Gasteiger charge is -2.32. The van der Waals surface area contributed by atoms with Crippen molar-refractivity contribution in [2.45, 2.75) is 80.2 Å². The van der Waals surface area contributed by atoms with Crippen LogP contribution in [0.25, 0.3) is 0 Å². The molecular weight excluding hydrogens is 228 g/mol. The monoisotopic (exact) mass is 260 g/mol. The molecule has 0 saturated heterocycles. The highest BCUT2D eigenvalue weighted by atomic mass is 16.7. The predicted octanol–water partition coefficient (Wildman–Crippen LogP) is 3.24. The van der Waals surface area contributed by atoms with Gasteiger partial charge in [-0.15, -0.1) is 0 Å². The van der Waals surface area contributed by atoms with Gasteiger partial charge in [-0.1, -0.05) is 34.6 Å². The highest BCUT2D eigenvalue weighted by Gasteiger charge is 2.25. The molecule has 110 valence electrons. The van der Waals surface area contributed by atoms with Crippen LogP contribution in [0.1, 0.15) is 62.3 Å². The summed E-state index contributed by atoms with van der Waals surface area (Å²) in [7, 11) is 0. The second-order valence-electron chi connectivity index (χ2n) is 6.94. The number of nitrogens with one attached hydrogen (secondary N) is 2. The van der Waals surface area contributed by atoms with Crippen LogP contribution in [0, 0.1) is 11.3 Å². The minimum absolute atomic E-state index is 0.0622. The van der Waals surface area contributed by atoms with Crippen LogP contribution >= 0.6 is 0 Å². The van der Waals surface area contributed by atoms with Crippen molar-refractivity contribution in [1.29, 1.82) is 0 Å². The Balaban J connectivity index is 3.96. The van der Waals surface area contributed by atoms with E-state index in [1.807, 2.05) is 6.92 Å². The van der Waals surface area contributed by atoms with Crippen molar-refractivity contribution in [1.82, 2.24) is 11.0 Å². The van der Waals surface area contributed by atoms with E-state index in [4.69, 9.17) is 9.68 Å². The first-order valence-corrected chi connectivity index (χ1v) is 6.81. The second kappa shape index (κ2) is 6.85. The molecule has 18 heavy (non-hydrogen) atoms. The average Bonchev–Trinajstić information content (AvgIpc) is 2.21. The van der Waals surface area contributed by atoms with E-state index < -0.39 is 0 Å². The highest BCUT2D eigenvalue weighted by Crippen LogP contribution is 2.21. The SMILES string of the molecule is CC(NOC(C)C(C)(C)C)NOC(C)(C)C(C)C. The Morgan fingerprint density at radius 2 is 1.33 bits per heavy atom. The summed E-state index contributed by atoms with van der Waals surface area (Å²) in [6.45, 7) is 18.9. The van der Waals surface area contributed by atoms with Gasteiger partial charge in [0.1, 0.15) is 6.17 Å². The molecule has 0 fully saturated rings. The summed E-state index contributed by atoms with van der Waals surface area (Å²) >= 11 is 0. The fraction of sp³-hybridized carbons (Fsp3) is 1.00. The maximum absolute atomic E-state index is 5.68. The lowest BCUT2D eigenvalue weighted by molar-refractivity contribution is -0.158. The summed E-state index contributed by atoms with van der Waals surface area (Å²) in [6.07, 6.45) is 0.0627. The predicted molar refractivity (Wildman–Crippen MR) is 75.7 cm³/mol. The van der Waals surface area contributed by atoms with Crippen LogP contribution in [-0.2, 0) is 9.68 Å². The van der Waals surface area contributed by atoms with Gasteiger partial charge in [0.15, 0.2) is 0 Å². The fourth-order valence-corrected chi connectivity index (χ4v) is 0.763. The molecule has 0 aromatic heterocycles. The normalized spacial score (nSPS) is 17.0.